The highest BCUT2D eigenvalue weighted by Gasteiger charge is 2.30. The Morgan fingerprint density at radius 2 is 2.22 bits per heavy atom. The normalized spacial score (nSPS) is 17.4. The van der Waals surface area contributed by atoms with Gasteiger partial charge in [0.25, 0.3) is 0 Å². The van der Waals surface area contributed by atoms with Gasteiger partial charge in [0.2, 0.25) is 0 Å². The van der Waals surface area contributed by atoms with E-state index in [4.69, 9.17) is 4.74 Å². The maximum atomic E-state index is 11.8. The summed E-state index contributed by atoms with van der Waals surface area (Å²) in [6.07, 6.45) is 6.39. The van der Waals surface area contributed by atoms with Crippen LogP contribution in [0.1, 0.15) is 49.9 Å². The number of esters is 1. The lowest BCUT2D eigenvalue weighted by Crippen LogP contribution is -2.32. The van der Waals surface area contributed by atoms with E-state index in [1.807, 2.05) is 0 Å². The van der Waals surface area contributed by atoms with Gasteiger partial charge in [-0.3, -0.25) is 0 Å². The van der Waals surface area contributed by atoms with Gasteiger partial charge in [0.05, 0.1) is 6.61 Å². The molecule has 98 valence electrons. The predicted molar refractivity (Wildman–Crippen MR) is 70.7 cm³/mol. The molecule has 0 saturated heterocycles. The molecular weight excluding hydrogens is 228 g/mol. The van der Waals surface area contributed by atoms with Gasteiger partial charge in [-0.2, -0.15) is 0 Å². The summed E-state index contributed by atoms with van der Waals surface area (Å²) >= 11 is 0. The van der Waals surface area contributed by atoms with E-state index in [0.29, 0.717) is 18.0 Å². The van der Waals surface area contributed by atoms with Crippen molar-refractivity contribution >= 4 is 11.8 Å². The van der Waals surface area contributed by atoms with Crippen molar-refractivity contribution in [3.8, 4) is 0 Å². The second-order valence-corrected chi connectivity index (χ2v) is 5.01. The third kappa shape index (κ3) is 2.81. The molecule has 1 N–H and O–H groups in total. The van der Waals surface area contributed by atoms with E-state index in [1.165, 1.54) is 12.8 Å². The van der Waals surface area contributed by atoms with Crippen molar-refractivity contribution < 1.29 is 9.53 Å². The molecule has 2 rings (SSSR count). The first-order valence-corrected chi connectivity index (χ1v) is 6.55. The SMILES string of the molecule is CCOC(=O)c1cccnc1NC1(C)CCCC1. The zero-order valence-corrected chi connectivity index (χ0v) is 11.0. The molecule has 0 spiro atoms. The largest absolute Gasteiger partial charge is 0.462 e. The summed E-state index contributed by atoms with van der Waals surface area (Å²) in [5.74, 6) is 0.329. The molecule has 0 amide bonds. The van der Waals surface area contributed by atoms with E-state index < -0.39 is 0 Å². The molecule has 18 heavy (non-hydrogen) atoms. The van der Waals surface area contributed by atoms with E-state index in [1.54, 1.807) is 25.3 Å². The van der Waals surface area contributed by atoms with E-state index in [2.05, 4.69) is 17.2 Å². The first-order valence-electron chi connectivity index (χ1n) is 6.55. The number of nitrogens with zero attached hydrogens (tertiary/aromatic N) is 1. The average Bonchev–Trinajstić information content (AvgIpc) is 2.77. The molecule has 1 heterocycles. The van der Waals surface area contributed by atoms with Gasteiger partial charge in [0, 0.05) is 11.7 Å². The number of anilines is 1. The van der Waals surface area contributed by atoms with Crippen LogP contribution in [-0.2, 0) is 4.74 Å². The number of nitrogens with one attached hydrogen (secondary N) is 1. The third-order valence-corrected chi connectivity index (χ3v) is 3.43. The number of hydrogen-bond acceptors (Lipinski definition) is 4. The first kappa shape index (κ1) is 12.9. The Bertz CT molecular complexity index is 426. The van der Waals surface area contributed by atoms with Crippen LogP contribution in [-0.4, -0.2) is 23.1 Å². The van der Waals surface area contributed by atoms with E-state index >= 15 is 0 Å². The number of rotatable bonds is 4. The van der Waals surface area contributed by atoms with Crippen molar-refractivity contribution in [2.75, 3.05) is 11.9 Å². The van der Waals surface area contributed by atoms with Crippen LogP contribution in [0.15, 0.2) is 18.3 Å². The fraction of sp³-hybridized carbons (Fsp3) is 0.571. The van der Waals surface area contributed by atoms with Crippen LogP contribution in [0.25, 0.3) is 0 Å². The molecule has 1 aliphatic carbocycles. The van der Waals surface area contributed by atoms with Crippen molar-refractivity contribution in [2.24, 2.45) is 0 Å². The molecule has 4 heteroatoms. The Kier molecular flexibility index (Phi) is 3.84. The van der Waals surface area contributed by atoms with Crippen molar-refractivity contribution in [2.45, 2.75) is 45.1 Å². The Morgan fingerprint density at radius 3 is 2.89 bits per heavy atom. The fourth-order valence-corrected chi connectivity index (χ4v) is 2.44. The molecule has 1 aromatic heterocycles. The molecular formula is C14H20N2O2. The predicted octanol–water partition coefficient (Wildman–Crippen LogP) is 3.00. The van der Waals surface area contributed by atoms with E-state index in [0.717, 1.165) is 12.8 Å². The van der Waals surface area contributed by atoms with Crippen molar-refractivity contribution in [1.29, 1.82) is 0 Å². The number of aromatic nitrogens is 1. The molecule has 0 atom stereocenters. The summed E-state index contributed by atoms with van der Waals surface area (Å²) in [6.45, 7) is 4.37. The summed E-state index contributed by atoms with van der Waals surface area (Å²) in [4.78, 5) is 16.1. The lowest BCUT2D eigenvalue weighted by molar-refractivity contribution is 0.0527. The van der Waals surface area contributed by atoms with Crippen molar-refractivity contribution in [3.05, 3.63) is 23.9 Å². The number of ether oxygens (including phenoxy) is 1. The lowest BCUT2D eigenvalue weighted by atomic mass is 10.0. The molecule has 1 saturated carbocycles. The van der Waals surface area contributed by atoms with Gasteiger partial charge >= 0.3 is 5.97 Å². The van der Waals surface area contributed by atoms with Crippen LogP contribution in [0.4, 0.5) is 5.82 Å². The monoisotopic (exact) mass is 248 g/mol. The van der Waals surface area contributed by atoms with Gasteiger partial charge in [-0.15, -0.1) is 0 Å². The first-order chi connectivity index (χ1) is 8.64. The standard InChI is InChI=1S/C14H20N2O2/c1-3-18-13(17)11-7-6-10-15-12(11)16-14(2)8-4-5-9-14/h6-7,10H,3-5,8-9H2,1-2H3,(H,15,16). The van der Waals surface area contributed by atoms with Crippen LogP contribution in [0, 0.1) is 0 Å². The summed E-state index contributed by atoms with van der Waals surface area (Å²) in [5, 5.41) is 3.41. The Labute approximate surface area is 108 Å². The van der Waals surface area contributed by atoms with Crippen LogP contribution in [0.2, 0.25) is 0 Å². The second kappa shape index (κ2) is 5.38. The van der Waals surface area contributed by atoms with Gasteiger partial charge in [-0.1, -0.05) is 12.8 Å². The van der Waals surface area contributed by atoms with Crippen molar-refractivity contribution in [3.63, 3.8) is 0 Å². The number of hydrogen-bond donors (Lipinski definition) is 1. The maximum absolute atomic E-state index is 11.8. The van der Waals surface area contributed by atoms with Crippen LogP contribution >= 0.6 is 0 Å². The molecule has 1 aliphatic rings. The zero-order valence-electron chi connectivity index (χ0n) is 11.0. The van der Waals surface area contributed by atoms with Gasteiger partial charge in [0.15, 0.2) is 0 Å². The van der Waals surface area contributed by atoms with E-state index in [9.17, 15) is 4.79 Å². The van der Waals surface area contributed by atoms with Crippen LogP contribution in [0.5, 0.6) is 0 Å². The van der Waals surface area contributed by atoms with Crippen LogP contribution < -0.4 is 5.32 Å². The summed E-state index contributed by atoms with van der Waals surface area (Å²) < 4.78 is 5.05. The third-order valence-electron chi connectivity index (χ3n) is 3.43. The molecule has 0 unspecified atom stereocenters. The number of carbonyl (C=O) groups is 1. The summed E-state index contributed by atoms with van der Waals surface area (Å²) in [5.41, 5.74) is 0.572. The molecule has 0 aliphatic heterocycles. The summed E-state index contributed by atoms with van der Waals surface area (Å²) in [7, 11) is 0. The molecule has 1 fully saturated rings. The molecule has 0 aromatic carbocycles. The quantitative estimate of drug-likeness (QED) is 0.832. The highest BCUT2D eigenvalue weighted by molar-refractivity contribution is 5.94. The van der Waals surface area contributed by atoms with Crippen LogP contribution in [0.3, 0.4) is 0 Å². The minimum Gasteiger partial charge on any atom is -0.462 e. The van der Waals surface area contributed by atoms with Gasteiger partial charge < -0.3 is 10.1 Å². The van der Waals surface area contributed by atoms with Gasteiger partial charge in [0.1, 0.15) is 11.4 Å². The Hall–Kier alpha value is -1.58. The minimum absolute atomic E-state index is 0.0512. The topological polar surface area (TPSA) is 51.2 Å². The lowest BCUT2D eigenvalue weighted by Gasteiger charge is -2.26. The Morgan fingerprint density at radius 1 is 1.50 bits per heavy atom. The number of carbonyl (C=O) groups excluding carboxylic acids is 1. The van der Waals surface area contributed by atoms with Gasteiger partial charge in [-0.05, 0) is 38.8 Å². The summed E-state index contributed by atoms with van der Waals surface area (Å²) in [6, 6.07) is 3.51. The number of pyridine rings is 1. The maximum Gasteiger partial charge on any atom is 0.341 e. The van der Waals surface area contributed by atoms with Gasteiger partial charge in [-0.25, -0.2) is 9.78 Å². The molecule has 1 aromatic rings. The average molecular weight is 248 g/mol. The second-order valence-electron chi connectivity index (χ2n) is 5.01. The minimum atomic E-state index is -0.310. The smallest absolute Gasteiger partial charge is 0.341 e. The zero-order chi connectivity index (χ0) is 13.0. The fourth-order valence-electron chi connectivity index (χ4n) is 2.44. The van der Waals surface area contributed by atoms with E-state index in [-0.39, 0.29) is 11.5 Å². The Balaban J connectivity index is 2.19. The molecule has 0 radical (unpaired) electrons. The highest BCUT2D eigenvalue weighted by Crippen LogP contribution is 2.32. The highest BCUT2D eigenvalue weighted by atomic mass is 16.5. The van der Waals surface area contributed by atoms with Crippen molar-refractivity contribution in [1.82, 2.24) is 4.98 Å². The molecule has 0 bridgehead atoms. The molecule has 4 nitrogen and oxygen atoms in total.